The standard InChI is InChI=1S/C12H7Cl3N2O4S/c13-9-3-1-7(5-11(9)15)16-22(20,21)8-2-4-10(14)12(6-8)17(18)19/h1-6,16H. The number of hydrogen-bond acceptors (Lipinski definition) is 4. The number of anilines is 1. The molecule has 0 aliphatic carbocycles. The fraction of sp³-hybridized carbons (Fsp3) is 0. The molecule has 0 saturated carbocycles. The Balaban J connectivity index is 2.40. The molecule has 0 radical (unpaired) electrons. The zero-order chi connectivity index (χ0) is 16.5. The van der Waals surface area contributed by atoms with Crippen molar-refractivity contribution in [3.05, 3.63) is 61.6 Å². The summed E-state index contributed by atoms with van der Waals surface area (Å²) in [5.74, 6) is 0. The third-order valence-electron chi connectivity index (χ3n) is 2.60. The van der Waals surface area contributed by atoms with E-state index in [0.29, 0.717) is 0 Å². The lowest BCUT2D eigenvalue weighted by atomic mass is 10.3. The van der Waals surface area contributed by atoms with Gasteiger partial charge in [0.2, 0.25) is 0 Å². The molecule has 0 fully saturated rings. The number of nitrogens with zero attached hydrogens (tertiary/aromatic N) is 1. The van der Waals surface area contributed by atoms with Crippen LogP contribution in [0.1, 0.15) is 0 Å². The summed E-state index contributed by atoms with van der Waals surface area (Å²) in [5, 5.41) is 11.1. The lowest BCUT2D eigenvalue weighted by Crippen LogP contribution is -2.13. The lowest BCUT2D eigenvalue weighted by Gasteiger charge is -2.09. The van der Waals surface area contributed by atoms with Gasteiger partial charge in [-0.05, 0) is 30.3 Å². The van der Waals surface area contributed by atoms with E-state index in [0.717, 1.165) is 18.2 Å². The topological polar surface area (TPSA) is 89.3 Å². The summed E-state index contributed by atoms with van der Waals surface area (Å²) in [5.41, 5.74) is -0.328. The molecule has 2 aromatic rings. The molecule has 0 amide bonds. The predicted molar refractivity (Wildman–Crippen MR) is 85.4 cm³/mol. The second-order valence-corrected chi connectivity index (χ2v) is 7.01. The van der Waals surface area contributed by atoms with Gasteiger partial charge in [0.05, 0.1) is 25.6 Å². The Hall–Kier alpha value is -1.54. The van der Waals surface area contributed by atoms with Gasteiger partial charge in [0, 0.05) is 6.07 Å². The number of benzene rings is 2. The average molecular weight is 382 g/mol. The first-order chi connectivity index (χ1) is 10.2. The summed E-state index contributed by atoms with van der Waals surface area (Å²) < 4.78 is 26.7. The Morgan fingerprint density at radius 1 is 0.955 bits per heavy atom. The molecule has 22 heavy (non-hydrogen) atoms. The molecule has 0 atom stereocenters. The molecule has 2 aromatic carbocycles. The first-order valence-electron chi connectivity index (χ1n) is 5.62. The Kier molecular flexibility index (Phi) is 4.81. The van der Waals surface area contributed by atoms with Crippen molar-refractivity contribution in [1.82, 2.24) is 0 Å². The van der Waals surface area contributed by atoms with Gasteiger partial charge in [-0.1, -0.05) is 34.8 Å². The Bertz CT molecular complexity index is 855. The van der Waals surface area contributed by atoms with Crippen LogP contribution in [0.5, 0.6) is 0 Å². The zero-order valence-electron chi connectivity index (χ0n) is 10.6. The minimum atomic E-state index is -4.03. The number of nitro groups is 1. The van der Waals surface area contributed by atoms with E-state index in [1.165, 1.54) is 18.2 Å². The fourth-order valence-electron chi connectivity index (χ4n) is 1.57. The van der Waals surface area contributed by atoms with Gasteiger partial charge in [0.15, 0.2) is 0 Å². The van der Waals surface area contributed by atoms with Crippen LogP contribution < -0.4 is 4.72 Å². The highest BCUT2D eigenvalue weighted by Gasteiger charge is 2.21. The monoisotopic (exact) mass is 380 g/mol. The van der Waals surface area contributed by atoms with Gasteiger partial charge in [0.25, 0.3) is 15.7 Å². The van der Waals surface area contributed by atoms with Crippen LogP contribution in [0.4, 0.5) is 11.4 Å². The van der Waals surface area contributed by atoms with Crippen molar-refractivity contribution in [2.24, 2.45) is 0 Å². The molecule has 6 nitrogen and oxygen atoms in total. The van der Waals surface area contributed by atoms with E-state index in [1.54, 1.807) is 0 Å². The molecule has 0 bridgehead atoms. The van der Waals surface area contributed by atoms with E-state index >= 15 is 0 Å². The molecular weight excluding hydrogens is 375 g/mol. The maximum Gasteiger partial charge on any atom is 0.289 e. The van der Waals surface area contributed by atoms with E-state index in [4.69, 9.17) is 34.8 Å². The highest BCUT2D eigenvalue weighted by molar-refractivity contribution is 7.92. The van der Waals surface area contributed by atoms with Crippen LogP contribution in [-0.2, 0) is 10.0 Å². The average Bonchev–Trinajstić information content (AvgIpc) is 2.42. The fourth-order valence-corrected chi connectivity index (χ4v) is 3.13. The van der Waals surface area contributed by atoms with Crippen molar-refractivity contribution in [3.63, 3.8) is 0 Å². The van der Waals surface area contributed by atoms with Gasteiger partial charge in [-0.15, -0.1) is 0 Å². The molecule has 0 aliphatic rings. The van der Waals surface area contributed by atoms with Crippen molar-refractivity contribution in [3.8, 4) is 0 Å². The largest absolute Gasteiger partial charge is 0.289 e. The first kappa shape index (κ1) is 16.8. The Morgan fingerprint density at radius 2 is 1.59 bits per heavy atom. The van der Waals surface area contributed by atoms with Crippen LogP contribution in [0.25, 0.3) is 0 Å². The molecule has 10 heteroatoms. The van der Waals surface area contributed by atoms with E-state index in [2.05, 4.69) is 4.72 Å². The van der Waals surface area contributed by atoms with Crippen molar-refractivity contribution >= 4 is 56.2 Å². The SMILES string of the molecule is O=[N+]([O-])c1cc(S(=O)(=O)Nc2ccc(Cl)c(Cl)c2)ccc1Cl. The molecule has 2 rings (SSSR count). The van der Waals surface area contributed by atoms with Gasteiger partial charge in [-0.25, -0.2) is 8.42 Å². The van der Waals surface area contributed by atoms with Crippen LogP contribution in [0.15, 0.2) is 41.3 Å². The Labute approximate surface area is 140 Å². The molecule has 116 valence electrons. The van der Waals surface area contributed by atoms with Crippen LogP contribution in [0.3, 0.4) is 0 Å². The molecule has 0 spiro atoms. The molecular formula is C12H7Cl3N2O4S. The highest BCUT2D eigenvalue weighted by atomic mass is 35.5. The smallest absolute Gasteiger partial charge is 0.280 e. The van der Waals surface area contributed by atoms with Gasteiger partial charge in [-0.2, -0.15) is 0 Å². The van der Waals surface area contributed by atoms with E-state index in [-0.39, 0.29) is 25.7 Å². The van der Waals surface area contributed by atoms with Crippen LogP contribution in [-0.4, -0.2) is 13.3 Å². The Morgan fingerprint density at radius 3 is 2.18 bits per heavy atom. The van der Waals surface area contributed by atoms with Gasteiger partial charge < -0.3 is 0 Å². The number of rotatable bonds is 4. The molecule has 0 aromatic heterocycles. The summed E-state index contributed by atoms with van der Waals surface area (Å²) >= 11 is 17.2. The summed E-state index contributed by atoms with van der Waals surface area (Å²) in [6, 6.07) is 7.34. The van der Waals surface area contributed by atoms with E-state index in [9.17, 15) is 18.5 Å². The minimum Gasteiger partial charge on any atom is -0.280 e. The van der Waals surface area contributed by atoms with Crippen LogP contribution in [0.2, 0.25) is 15.1 Å². The summed E-state index contributed by atoms with van der Waals surface area (Å²) in [6.45, 7) is 0. The van der Waals surface area contributed by atoms with Gasteiger partial charge in [-0.3, -0.25) is 14.8 Å². The van der Waals surface area contributed by atoms with Crippen molar-refractivity contribution in [2.45, 2.75) is 4.90 Å². The normalized spacial score (nSPS) is 11.2. The highest BCUT2D eigenvalue weighted by Crippen LogP contribution is 2.29. The molecule has 1 N–H and O–H groups in total. The summed E-state index contributed by atoms with van der Waals surface area (Å²) in [7, 11) is -4.03. The first-order valence-corrected chi connectivity index (χ1v) is 8.24. The number of halogens is 3. The second kappa shape index (κ2) is 6.29. The molecule has 0 aliphatic heterocycles. The van der Waals surface area contributed by atoms with Crippen molar-refractivity contribution < 1.29 is 13.3 Å². The number of sulfonamides is 1. The van der Waals surface area contributed by atoms with Crippen LogP contribution in [0, 0.1) is 10.1 Å². The maximum absolute atomic E-state index is 12.2. The maximum atomic E-state index is 12.2. The molecule has 0 heterocycles. The predicted octanol–water partition coefficient (Wildman–Crippen LogP) is 4.36. The van der Waals surface area contributed by atoms with Crippen molar-refractivity contribution in [2.75, 3.05) is 4.72 Å². The van der Waals surface area contributed by atoms with Crippen LogP contribution >= 0.6 is 34.8 Å². The van der Waals surface area contributed by atoms with Gasteiger partial charge in [0.1, 0.15) is 5.02 Å². The molecule has 0 unspecified atom stereocenters. The lowest BCUT2D eigenvalue weighted by molar-refractivity contribution is -0.384. The minimum absolute atomic E-state index is 0.154. The quantitative estimate of drug-likeness (QED) is 0.629. The number of nitro benzene ring substituents is 1. The third-order valence-corrected chi connectivity index (χ3v) is 5.03. The van der Waals surface area contributed by atoms with Gasteiger partial charge >= 0.3 is 0 Å². The van der Waals surface area contributed by atoms with Crippen molar-refractivity contribution in [1.29, 1.82) is 0 Å². The number of nitrogens with one attached hydrogen (secondary N) is 1. The van der Waals surface area contributed by atoms with E-state index in [1.807, 2.05) is 0 Å². The summed E-state index contributed by atoms with van der Waals surface area (Å²) in [4.78, 5) is 9.76. The van der Waals surface area contributed by atoms with E-state index < -0.39 is 20.6 Å². The third kappa shape index (κ3) is 3.61. The number of hydrogen-bond donors (Lipinski definition) is 1. The summed E-state index contributed by atoms with van der Waals surface area (Å²) in [6.07, 6.45) is 0. The molecule has 0 saturated heterocycles. The second-order valence-electron chi connectivity index (χ2n) is 4.10. The zero-order valence-corrected chi connectivity index (χ0v) is 13.7.